The van der Waals surface area contributed by atoms with Crippen molar-refractivity contribution in [3.05, 3.63) is 71.3 Å². The third kappa shape index (κ3) is 5.96. The molecule has 1 fully saturated rings. The first-order chi connectivity index (χ1) is 14.3. The first-order valence-electron chi connectivity index (χ1n) is 9.86. The number of alkyl halides is 3. The molecule has 3 rings (SSSR count). The van der Waals surface area contributed by atoms with Crippen LogP contribution >= 0.6 is 0 Å². The number of morpholine rings is 1. The van der Waals surface area contributed by atoms with E-state index in [2.05, 4.69) is 10.2 Å². The number of carbonyl (C=O) groups is 1. The maximum absolute atomic E-state index is 13.3. The van der Waals surface area contributed by atoms with E-state index >= 15 is 0 Å². The summed E-state index contributed by atoms with van der Waals surface area (Å²) in [7, 11) is 1.50. The van der Waals surface area contributed by atoms with Crippen LogP contribution in [0, 0.1) is 0 Å². The lowest BCUT2D eigenvalue weighted by atomic mass is 10.1. The molecular formula is C22H26F3N3O2. The van der Waals surface area contributed by atoms with Crippen LogP contribution < -0.4 is 5.32 Å². The molecule has 2 amide bonds. The van der Waals surface area contributed by atoms with Crippen molar-refractivity contribution in [2.75, 3.05) is 39.9 Å². The van der Waals surface area contributed by atoms with E-state index in [4.69, 9.17) is 4.74 Å². The number of nitrogens with zero attached hydrogens (tertiary/aromatic N) is 2. The van der Waals surface area contributed by atoms with Crippen LogP contribution in [0.2, 0.25) is 0 Å². The zero-order chi connectivity index (χ0) is 21.6. The van der Waals surface area contributed by atoms with Gasteiger partial charge in [0.15, 0.2) is 0 Å². The SMILES string of the molecule is CN(Cc1ccccc1C(F)(F)F)C(=O)NC(CN1CCOCC1)c1ccccc1. The lowest BCUT2D eigenvalue weighted by Gasteiger charge is -2.32. The van der Waals surface area contributed by atoms with Crippen LogP contribution in [0.25, 0.3) is 0 Å². The van der Waals surface area contributed by atoms with E-state index in [9.17, 15) is 18.0 Å². The summed E-state index contributed by atoms with van der Waals surface area (Å²) in [5.74, 6) is 0. The van der Waals surface area contributed by atoms with Crippen LogP contribution in [0.1, 0.15) is 22.7 Å². The van der Waals surface area contributed by atoms with Crippen LogP contribution in [-0.4, -0.2) is 55.7 Å². The Morgan fingerprint density at radius 3 is 2.40 bits per heavy atom. The minimum atomic E-state index is -4.46. The fraction of sp³-hybridized carbons (Fsp3) is 0.409. The highest BCUT2D eigenvalue weighted by molar-refractivity contribution is 5.74. The van der Waals surface area contributed by atoms with Gasteiger partial charge in [0.05, 0.1) is 24.8 Å². The molecule has 1 heterocycles. The minimum absolute atomic E-state index is 0.0621. The highest BCUT2D eigenvalue weighted by Gasteiger charge is 2.33. The van der Waals surface area contributed by atoms with E-state index < -0.39 is 17.8 Å². The molecule has 0 spiro atoms. The summed E-state index contributed by atoms with van der Waals surface area (Å²) in [6.07, 6.45) is -4.46. The summed E-state index contributed by atoms with van der Waals surface area (Å²) in [5.41, 5.74) is 0.283. The largest absolute Gasteiger partial charge is 0.416 e. The standard InChI is InChI=1S/C22H26F3N3O2/c1-27(15-18-9-5-6-10-19(18)22(23,24)25)21(29)26-20(17-7-3-2-4-8-17)16-28-11-13-30-14-12-28/h2-10,20H,11-16H2,1H3,(H,26,29). The minimum Gasteiger partial charge on any atom is -0.379 e. The maximum atomic E-state index is 13.3. The lowest BCUT2D eigenvalue weighted by molar-refractivity contribution is -0.138. The van der Waals surface area contributed by atoms with Crippen molar-refractivity contribution >= 4 is 6.03 Å². The number of carbonyl (C=O) groups excluding carboxylic acids is 1. The molecule has 30 heavy (non-hydrogen) atoms. The van der Waals surface area contributed by atoms with Crippen LogP contribution in [0.15, 0.2) is 54.6 Å². The van der Waals surface area contributed by atoms with Crippen molar-refractivity contribution in [2.24, 2.45) is 0 Å². The van der Waals surface area contributed by atoms with E-state index in [1.807, 2.05) is 30.3 Å². The van der Waals surface area contributed by atoms with E-state index in [1.54, 1.807) is 6.07 Å². The third-order valence-corrected chi connectivity index (χ3v) is 5.12. The van der Waals surface area contributed by atoms with Gasteiger partial charge in [-0.15, -0.1) is 0 Å². The maximum Gasteiger partial charge on any atom is 0.416 e. The molecule has 1 saturated heterocycles. The van der Waals surface area contributed by atoms with Crippen molar-refractivity contribution in [2.45, 2.75) is 18.8 Å². The molecule has 0 saturated carbocycles. The Labute approximate surface area is 174 Å². The van der Waals surface area contributed by atoms with Crippen LogP contribution in [0.4, 0.5) is 18.0 Å². The topological polar surface area (TPSA) is 44.8 Å². The molecule has 0 aliphatic carbocycles. The smallest absolute Gasteiger partial charge is 0.379 e. The van der Waals surface area contributed by atoms with Crippen molar-refractivity contribution in [1.29, 1.82) is 0 Å². The molecule has 162 valence electrons. The molecule has 1 aliphatic heterocycles. The molecule has 0 aromatic heterocycles. The van der Waals surface area contributed by atoms with Gasteiger partial charge in [-0.25, -0.2) is 4.79 Å². The normalized spacial score (nSPS) is 16.1. The fourth-order valence-corrected chi connectivity index (χ4v) is 3.48. The molecule has 0 bridgehead atoms. The lowest BCUT2D eigenvalue weighted by Crippen LogP contribution is -2.46. The molecule has 2 aromatic rings. The molecule has 1 N–H and O–H groups in total. The Kier molecular flexibility index (Phi) is 7.33. The first kappa shape index (κ1) is 22.1. The second-order valence-electron chi connectivity index (χ2n) is 7.34. The number of amides is 2. The van der Waals surface area contributed by atoms with Gasteiger partial charge in [0.2, 0.25) is 0 Å². The monoisotopic (exact) mass is 421 g/mol. The predicted octanol–water partition coefficient (Wildman–Crippen LogP) is 3.92. The van der Waals surface area contributed by atoms with E-state index in [-0.39, 0.29) is 18.2 Å². The van der Waals surface area contributed by atoms with Gasteiger partial charge in [0.25, 0.3) is 0 Å². The molecular weight excluding hydrogens is 395 g/mol. The van der Waals surface area contributed by atoms with Gasteiger partial charge in [-0.2, -0.15) is 13.2 Å². The molecule has 0 radical (unpaired) electrons. The average Bonchev–Trinajstić information content (AvgIpc) is 2.74. The van der Waals surface area contributed by atoms with Gasteiger partial charge in [0.1, 0.15) is 0 Å². The number of ether oxygens (including phenoxy) is 1. The number of hydrogen-bond donors (Lipinski definition) is 1. The summed E-state index contributed by atoms with van der Waals surface area (Å²) in [4.78, 5) is 16.3. The predicted molar refractivity (Wildman–Crippen MR) is 108 cm³/mol. The second kappa shape index (κ2) is 9.95. The molecule has 1 aliphatic rings. The summed E-state index contributed by atoms with van der Waals surface area (Å²) in [6, 6.07) is 14.2. The summed E-state index contributed by atoms with van der Waals surface area (Å²) in [5, 5.41) is 2.98. The molecule has 8 heteroatoms. The van der Waals surface area contributed by atoms with Crippen LogP contribution in [0.5, 0.6) is 0 Å². The van der Waals surface area contributed by atoms with Gasteiger partial charge in [-0.05, 0) is 17.2 Å². The number of benzene rings is 2. The average molecular weight is 421 g/mol. The Morgan fingerprint density at radius 2 is 1.73 bits per heavy atom. The molecule has 5 nitrogen and oxygen atoms in total. The van der Waals surface area contributed by atoms with Crippen LogP contribution in [-0.2, 0) is 17.5 Å². The van der Waals surface area contributed by atoms with Gasteiger partial charge < -0.3 is 15.0 Å². The van der Waals surface area contributed by atoms with E-state index in [0.29, 0.717) is 19.8 Å². The first-order valence-corrected chi connectivity index (χ1v) is 9.86. The third-order valence-electron chi connectivity index (χ3n) is 5.12. The fourth-order valence-electron chi connectivity index (χ4n) is 3.48. The van der Waals surface area contributed by atoms with Crippen molar-refractivity contribution in [3.8, 4) is 0 Å². The van der Waals surface area contributed by atoms with Crippen molar-refractivity contribution in [3.63, 3.8) is 0 Å². The highest BCUT2D eigenvalue weighted by atomic mass is 19.4. The number of halogens is 3. The Hall–Kier alpha value is -2.58. The summed E-state index contributed by atoms with van der Waals surface area (Å²) in [6.45, 7) is 3.29. The highest BCUT2D eigenvalue weighted by Crippen LogP contribution is 2.32. The number of rotatable bonds is 6. The van der Waals surface area contributed by atoms with E-state index in [0.717, 1.165) is 24.7 Å². The van der Waals surface area contributed by atoms with E-state index in [1.165, 1.54) is 24.1 Å². The molecule has 2 aromatic carbocycles. The Morgan fingerprint density at radius 1 is 1.10 bits per heavy atom. The second-order valence-corrected chi connectivity index (χ2v) is 7.34. The quantitative estimate of drug-likeness (QED) is 0.769. The zero-order valence-electron chi connectivity index (χ0n) is 16.9. The van der Waals surface area contributed by atoms with Gasteiger partial charge >= 0.3 is 12.2 Å². The van der Waals surface area contributed by atoms with Gasteiger partial charge in [-0.1, -0.05) is 48.5 Å². The Balaban J connectivity index is 1.70. The summed E-state index contributed by atoms with van der Waals surface area (Å²) >= 11 is 0. The molecule has 1 unspecified atom stereocenters. The van der Waals surface area contributed by atoms with Crippen molar-refractivity contribution in [1.82, 2.24) is 15.1 Å². The number of urea groups is 1. The number of hydrogen-bond acceptors (Lipinski definition) is 3. The van der Waals surface area contributed by atoms with Crippen molar-refractivity contribution < 1.29 is 22.7 Å². The van der Waals surface area contributed by atoms with Gasteiger partial charge in [-0.3, -0.25) is 4.90 Å². The summed E-state index contributed by atoms with van der Waals surface area (Å²) < 4.78 is 45.2. The zero-order valence-corrected chi connectivity index (χ0v) is 16.9. The van der Waals surface area contributed by atoms with Crippen LogP contribution in [0.3, 0.4) is 0 Å². The van der Waals surface area contributed by atoms with Gasteiger partial charge in [0, 0.05) is 33.2 Å². The molecule has 1 atom stereocenters. The Bertz CT molecular complexity index is 824. The number of nitrogens with one attached hydrogen (secondary N) is 1.